The van der Waals surface area contributed by atoms with Gasteiger partial charge in [-0.3, -0.25) is 0 Å². The first kappa shape index (κ1) is 29.4. The van der Waals surface area contributed by atoms with Crippen LogP contribution in [0.5, 0.6) is 0 Å². The zero-order valence-electron chi connectivity index (χ0n) is 29.9. The van der Waals surface area contributed by atoms with Crippen LogP contribution < -0.4 is 4.90 Å². The highest BCUT2D eigenvalue weighted by Gasteiger charge is 2.61. The van der Waals surface area contributed by atoms with E-state index in [2.05, 4.69) is 136 Å². The summed E-state index contributed by atoms with van der Waals surface area (Å²) in [4.78, 5) is 2.59. The van der Waals surface area contributed by atoms with E-state index in [1.807, 2.05) is 0 Å². The van der Waals surface area contributed by atoms with Gasteiger partial charge in [-0.25, -0.2) is 0 Å². The number of furan rings is 1. The van der Waals surface area contributed by atoms with Crippen LogP contribution in [0.1, 0.15) is 94.9 Å². The van der Waals surface area contributed by atoms with E-state index < -0.39 is 0 Å². The van der Waals surface area contributed by atoms with E-state index in [0.717, 1.165) is 34.8 Å². The summed E-state index contributed by atoms with van der Waals surface area (Å²) in [5.74, 6) is 3.42. The Hall–Kier alpha value is -4.30. The van der Waals surface area contributed by atoms with Crippen molar-refractivity contribution < 1.29 is 4.42 Å². The van der Waals surface area contributed by atoms with Crippen LogP contribution in [-0.4, -0.2) is 0 Å². The van der Waals surface area contributed by atoms with E-state index in [1.54, 1.807) is 11.1 Å². The Morgan fingerprint density at radius 1 is 0.540 bits per heavy atom. The minimum Gasteiger partial charge on any atom is -0.456 e. The highest BCUT2D eigenvalue weighted by Crippen LogP contribution is 2.69. The standard InChI is InChI=1S/C48H47NO/c1-46(2)20-21-47(3,4)45-41(46)13-9-14-42(45)49(34-17-19-44-38(28-34)36-11-6-8-15-43(36)50-44)33-16-18-40-37(27-33)35-10-5-7-12-39(35)48(40)31-23-29-22-30(25-31)26-32(48)24-29/h5-19,27-32H,20-26H2,1-4H3. The van der Waals surface area contributed by atoms with Crippen LogP contribution in [0.15, 0.2) is 108 Å². The van der Waals surface area contributed by atoms with Crippen LogP contribution in [-0.2, 0) is 16.2 Å². The molecule has 4 bridgehead atoms. The van der Waals surface area contributed by atoms with Crippen molar-refractivity contribution in [1.82, 2.24) is 0 Å². The average molecular weight is 654 g/mol. The van der Waals surface area contributed by atoms with Gasteiger partial charge in [-0.2, -0.15) is 0 Å². The van der Waals surface area contributed by atoms with Gasteiger partial charge in [-0.1, -0.05) is 88.4 Å². The average Bonchev–Trinajstić information content (AvgIpc) is 3.63. The highest BCUT2D eigenvalue weighted by atomic mass is 16.3. The zero-order valence-corrected chi connectivity index (χ0v) is 29.9. The molecule has 12 rings (SSSR count). The summed E-state index contributed by atoms with van der Waals surface area (Å²) in [6.07, 6.45) is 9.50. The van der Waals surface area contributed by atoms with Crippen LogP contribution in [0.25, 0.3) is 33.1 Å². The summed E-state index contributed by atoms with van der Waals surface area (Å²) in [5, 5.41) is 2.35. The van der Waals surface area contributed by atoms with Crippen molar-refractivity contribution in [2.45, 2.75) is 88.9 Å². The van der Waals surface area contributed by atoms with Gasteiger partial charge in [0, 0.05) is 27.6 Å². The molecule has 0 radical (unpaired) electrons. The number of rotatable bonds is 3. The van der Waals surface area contributed by atoms with Crippen LogP contribution in [0, 0.1) is 23.7 Å². The SMILES string of the molecule is CC1(C)CCC(C)(C)c2c(N(c3ccc4c(c3)-c3ccccc3C43C4CC5CC(C4)CC3C5)c3ccc4oc5ccccc5c4c3)cccc21. The highest BCUT2D eigenvalue weighted by molar-refractivity contribution is 6.06. The number of hydrogen-bond donors (Lipinski definition) is 0. The predicted octanol–water partition coefficient (Wildman–Crippen LogP) is 13.1. The van der Waals surface area contributed by atoms with Crippen molar-refractivity contribution >= 4 is 39.0 Å². The van der Waals surface area contributed by atoms with E-state index in [0.29, 0.717) is 0 Å². The Bertz CT molecular complexity index is 2340. The summed E-state index contributed by atoms with van der Waals surface area (Å²) in [6, 6.07) is 39.6. The molecule has 6 aliphatic carbocycles. The number of para-hydroxylation sites is 1. The Kier molecular flexibility index (Phi) is 5.85. The summed E-state index contributed by atoms with van der Waals surface area (Å²) in [6.45, 7) is 9.81. The molecule has 6 aromatic rings. The molecule has 4 saturated carbocycles. The second-order valence-electron chi connectivity index (χ2n) is 18.0. The summed E-state index contributed by atoms with van der Waals surface area (Å²) in [5.41, 5.74) is 15.2. The first-order chi connectivity index (χ1) is 24.2. The third-order valence-electron chi connectivity index (χ3n) is 14.5. The van der Waals surface area contributed by atoms with Crippen LogP contribution in [0.3, 0.4) is 0 Å². The van der Waals surface area contributed by atoms with Gasteiger partial charge < -0.3 is 9.32 Å². The smallest absolute Gasteiger partial charge is 0.135 e. The number of fused-ring (bicyclic) bond motifs is 7. The molecule has 4 fully saturated rings. The molecule has 2 nitrogen and oxygen atoms in total. The quantitative estimate of drug-likeness (QED) is 0.189. The number of hydrogen-bond acceptors (Lipinski definition) is 2. The van der Waals surface area contributed by atoms with Gasteiger partial charge in [0.05, 0.1) is 5.69 Å². The fourth-order valence-corrected chi connectivity index (χ4v) is 12.5. The number of anilines is 3. The van der Waals surface area contributed by atoms with Gasteiger partial charge in [-0.15, -0.1) is 0 Å². The maximum atomic E-state index is 6.34. The first-order valence-electron chi connectivity index (χ1n) is 19.3. The molecular formula is C48H47NO. The molecule has 2 heteroatoms. The molecule has 250 valence electrons. The van der Waals surface area contributed by atoms with Crippen LogP contribution in [0.2, 0.25) is 0 Å². The lowest BCUT2D eigenvalue weighted by atomic mass is 9.43. The molecular weight excluding hydrogens is 607 g/mol. The summed E-state index contributed by atoms with van der Waals surface area (Å²) >= 11 is 0. The molecule has 0 amide bonds. The molecule has 6 aliphatic rings. The summed E-state index contributed by atoms with van der Waals surface area (Å²) < 4.78 is 6.34. The Labute approximate surface area is 296 Å². The lowest BCUT2D eigenvalue weighted by molar-refractivity contribution is -0.0399. The molecule has 0 aliphatic heterocycles. The van der Waals surface area contributed by atoms with Crippen molar-refractivity contribution in [3.63, 3.8) is 0 Å². The first-order valence-corrected chi connectivity index (χ1v) is 19.3. The van der Waals surface area contributed by atoms with Gasteiger partial charge >= 0.3 is 0 Å². The molecule has 5 aromatic carbocycles. The lowest BCUT2D eigenvalue weighted by Gasteiger charge is -2.61. The normalized spacial score (nSPS) is 27.8. The van der Waals surface area contributed by atoms with E-state index >= 15 is 0 Å². The molecule has 50 heavy (non-hydrogen) atoms. The molecule has 1 spiro atoms. The summed E-state index contributed by atoms with van der Waals surface area (Å²) in [7, 11) is 0. The molecule has 1 heterocycles. The lowest BCUT2D eigenvalue weighted by Crippen LogP contribution is -2.55. The molecule has 0 unspecified atom stereocenters. The zero-order chi connectivity index (χ0) is 33.6. The third kappa shape index (κ3) is 3.81. The van der Waals surface area contributed by atoms with Crippen LogP contribution >= 0.6 is 0 Å². The van der Waals surface area contributed by atoms with E-state index in [9.17, 15) is 0 Å². The van der Waals surface area contributed by atoms with Gasteiger partial charge in [0.25, 0.3) is 0 Å². The maximum Gasteiger partial charge on any atom is 0.135 e. The number of nitrogens with zero attached hydrogens (tertiary/aromatic N) is 1. The van der Waals surface area contributed by atoms with Crippen molar-refractivity contribution in [1.29, 1.82) is 0 Å². The van der Waals surface area contributed by atoms with Crippen molar-refractivity contribution in [2.75, 3.05) is 4.90 Å². The fourth-order valence-electron chi connectivity index (χ4n) is 12.5. The molecule has 0 atom stereocenters. The van der Waals surface area contributed by atoms with Gasteiger partial charge in [0.2, 0.25) is 0 Å². The molecule has 1 aromatic heterocycles. The number of benzene rings is 5. The van der Waals surface area contributed by atoms with Crippen molar-refractivity contribution in [3.05, 3.63) is 125 Å². The molecule has 0 N–H and O–H groups in total. The Morgan fingerprint density at radius 3 is 2.00 bits per heavy atom. The second kappa shape index (κ2) is 9.93. The molecule has 0 saturated heterocycles. The minimum absolute atomic E-state index is 0.0555. The van der Waals surface area contributed by atoms with E-state index in [-0.39, 0.29) is 16.2 Å². The third-order valence-corrected chi connectivity index (χ3v) is 14.5. The van der Waals surface area contributed by atoms with Crippen molar-refractivity contribution in [3.8, 4) is 11.1 Å². The largest absolute Gasteiger partial charge is 0.456 e. The van der Waals surface area contributed by atoms with Crippen LogP contribution in [0.4, 0.5) is 17.1 Å². The van der Waals surface area contributed by atoms with Gasteiger partial charge in [0.15, 0.2) is 0 Å². The minimum atomic E-state index is 0.0555. The Balaban J connectivity index is 1.17. The predicted molar refractivity (Wildman–Crippen MR) is 207 cm³/mol. The maximum absolute atomic E-state index is 6.34. The topological polar surface area (TPSA) is 16.4 Å². The monoisotopic (exact) mass is 653 g/mol. The fraction of sp³-hybridized carbons (Fsp3) is 0.375. The Morgan fingerprint density at radius 2 is 1.18 bits per heavy atom. The van der Waals surface area contributed by atoms with Gasteiger partial charge in [-0.05, 0) is 155 Å². The van der Waals surface area contributed by atoms with Crippen molar-refractivity contribution in [2.24, 2.45) is 23.7 Å². The van der Waals surface area contributed by atoms with E-state index in [4.69, 9.17) is 4.42 Å². The van der Waals surface area contributed by atoms with E-state index in [1.165, 1.54) is 95.0 Å². The second-order valence-corrected chi connectivity index (χ2v) is 18.0. The van der Waals surface area contributed by atoms with Gasteiger partial charge in [0.1, 0.15) is 11.2 Å².